The molecule has 0 aliphatic carbocycles. The summed E-state index contributed by atoms with van der Waals surface area (Å²) in [5.41, 5.74) is 15.4. The van der Waals surface area contributed by atoms with Gasteiger partial charge in [0.1, 0.15) is 5.82 Å². The number of hydrogen-bond acceptors (Lipinski definition) is 20. The summed E-state index contributed by atoms with van der Waals surface area (Å²) in [5.74, 6) is -1.76. The lowest BCUT2D eigenvalue weighted by molar-refractivity contribution is -0.117. The third-order valence-electron chi connectivity index (χ3n) is 13.7. The minimum absolute atomic E-state index is 0. The fraction of sp³-hybridized carbons (Fsp3) is 0.359. The summed E-state index contributed by atoms with van der Waals surface area (Å²) in [6.45, 7) is 22.2. The molecule has 0 aliphatic rings. The Bertz CT molecular complexity index is 5050. The molecule has 0 unspecified atom stereocenters. The number of halogens is 2. The van der Waals surface area contributed by atoms with E-state index in [0.29, 0.717) is 16.9 Å². The van der Waals surface area contributed by atoms with Crippen LogP contribution in [0.2, 0.25) is 5.02 Å². The van der Waals surface area contributed by atoms with Gasteiger partial charge in [-0.15, -0.1) is 0 Å². The monoisotopic (exact) mass is 1770 g/mol. The van der Waals surface area contributed by atoms with Crippen LogP contribution in [-0.4, -0.2) is 126 Å². The number of amides is 13. The SMILES string of the molecule is C.C.C.C.C.C.CC(C)NC(=O)NS(=O)(=O)c1cccc(CN)c1.CC(C)NC(=O)NS(=O)(=O)c1cccc(NC(=O)Cc2ccccc2)c1.CC(C)NC(=O)NS(=O)(=O)c1cccc(NC(=O)[C@H](C)N)c1.Cc1c(Cl)cc(F)cc1S(=O)(=O)NC(=O)NC(C)C.Cc1ccccc1CC(=O)Nc1cccc(S(=O)(=O)NC(=O)NC(C)C)c1. The van der Waals surface area contributed by atoms with Gasteiger partial charge in [0.05, 0.1) is 43.4 Å². The number of anilines is 3. The van der Waals surface area contributed by atoms with Gasteiger partial charge in [-0.3, -0.25) is 14.4 Å². The lowest BCUT2D eigenvalue weighted by Gasteiger charge is -2.12. The molecular weight excluding hydrogens is 1650 g/mol. The first-order valence-electron chi connectivity index (χ1n) is 34.0. The van der Waals surface area contributed by atoms with Crippen LogP contribution in [0, 0.1) is 19.7 Å². The van der Waals surface area contributed by atoms with E-state index in [4.69, 9.17) is 23.1 Å². The number of aryl methyl sites for hydroxylation is 1. The predicted molar refractivity (Wildman–Crippen MR) is 465 cm³/mol. The standard InChI is InChI=1S/C19H23N3O4S.C18H21N3O4S.C13H20N4O4S.C11H14ClFN2O3S.C11H17N3O3S.6CH4/c1-13(2)20-19(24)22-27(25,26)17-10-6-9-16(12-17)21-18(23)11-15-8-5-4-7-14(15)3;1-13(2)19-18(23)21-26(24,25)16-10-6-9-15(12-16)20-17(22)11-14-7-4-3-5-8-14;1-8(2)15-13(19)17-22(20,21)11-6-4-5-10(7-11)16-12(18)9(3)14;1-6(2)14-11(16)15-19(17,18)10-5-8(13)4-9(12)7(10)3;1-8(2)13-11(15)14-18(16,17)10-5-3-4-9(6-10)7-12;;;;;;/h4-10,12-13H,11H2,1-3H3,(H,21,23)(H2,20,22,24);3-10,12-13H,11H2,1-2H3,(H,20,22)(H2,19,21,23);4-9H,14H2,1-3H3,(H,16,18)(H2,15,17,19);4-6H,1-3H3,(H2,14,15,16);3-6,8H,7,12H2,1-2H3,(H2,13,14,15);6*1H4/t;;9-;;;;;;;;/m..0......../s1. The third kappa shape index (κ3) is 41.8. The van der Waals surface area contributed by atoms with Crippen LogP contribution in [0.25, 0.3) is 0 Å². The van der Waals surface area contributed by atoms with Crippen LogP contribution in [0.15, 0.2) is 188 Å². The topological polar surface area (TPSA) is 516 Å². The number of rotatable bonds is 24. The third-order valence-corrected chi connectivity index (χ3v) is 20.9. The molecule has 0 saturated heterocycles. The Balaban J connectivity index is -0.000000685. The van der Waals surface area contributed by atoms with Gasteiger partial charge in [0.25, 0.3) is 50.1 Å². The van der Waals surface area contributed by atoms with Crippen molar-refractivity contribution in [3.63, 3.8) is 0 Å². The molecule has 0 heterocycles. The molecule has 0 bridgehead atoms. The van der Waals surface area contributed by atoms with E-state index < -0.39 is 98.0 Å². The molecule has 7 aromatic rings. The first-order chi connectivity index (χ1) is 52.0. The van der Waals surface area contributed by atoms with E-state index in [0.717, 1.165) is 28.8 Å². The van der Waals surface area contributed by atoms with Crippen molar-refractivity contribution in [3.05, 3.63) is 202 Å². The Hall–Kier alpha value is -10.8. The van der Waals surface area contributed by atoms with Crippen molar-refractivity contribution >= 4 is 127 Å². The number of carbonyl (C=O) groups is 8. The first-order valence-corrected chi connectivity index (χ1v) is 41.8. The van der Waals surface area contributed by atoms with Gasteiger partial charge in [0.2, 0.25) is 17.7 Å². The van der Waals surface area contributed by atoms with Crippen LogP contribution in [0.1, 0.15) is 149 Å². The second-order valence-corrected chi connectivity index (χ2v) is 34.5. The maximum atomic E-state index is 13.2. The Morgan fingerprint density at radius 2 is 0.678 bits per heavy atom. The van der Waals surface area contributed by atoms with Crippen molar-refractivity contribution in [2.75, 3.05) is 16.0 Å². The summed E-state index contributed by atoms with van der Waals surface area (Å²) in [5, 5.41) is 19.9. The van der Waals surface area contributed by atoms with Gasteiger partial charge in [-0.25, -0.2) is 94.1 Å². The molecule has 1 atom stereocenters. The Morgan fingerprint density at radius 3 is 1.02 bits per heavy atom. The average Bonchev–Trinajstić information content (AvgIpc) is 0.808. The van der Waals surface area contributed by atoms with Crippen LogP contribution in [0.3, 0.4) is 0 Å². The van der Waals surface area contributed by atoms with Crippen molar-refractivity contribution in [3.8, 4) is 0 Å². The van der Waals surface area contributed by atoms with Crippen molar-refractivity contribution in [1.82, 2.24) is 50.2 Å². The van der Waals surface area contributed by atoms with Gasteiger partial charge < -0.3 is 54.0 Å². The largest absolute Gasteiger partial charge is 0.335 e. The van der Waals surface area contributed by atoms with Gasteiger partial charge >= 0.3 is 30.2 Å². The van der Waals surface area contributed by atoms with Gasteiger partial charge in [-0.2, -0.15) is 0 Å². The number of sulfonamides is 5. The molecule has 33 nitrogen and oxygen atoms in total. The molecule has 0 radical (unpaired) electrons. The first kappa shape index (κ1) is 114. The zero-order valence-electron chi connectivity index (χ0n) is 63.5. The highest BCUT2D eigenvalue weighted by Crippen LogP contribution is 2.25. The zero-order chi connectivity index (χ0) is 84.6. The van der Waals surface area contributed by atoms with Crippen LogP contribution < -0.4 is 77.6 Å². The second-order valence-electron chi connectivity index (χ2n) is 25.8. The molecule has 0 fully saturated rings. The van der Waals surface area contributed by atoms with Gasteiger partial charge in [-0.05, 0) is 197 Å². The second kappa shape index (κ2) is 52.8. The maximum absolute atomic E-state index is 13.2. The normalized spacial score (nSPS) is 10.9. The van der Waals surface area contributed by atoms with E-state index in [-0.39, 0.29) is 147 Å². The summed E-state index contributed by atoms with van der Waals surface area (Å²) in [6.07, 6.45) is 0.353. The van der Waals surface area contributed by atoms with E-state index in [2.05, 4.69) is 42.5 Å². The molecule has 13 amide bonds. The Kier molecular flexibility index (Phi) is 50.8. The fourth-order valence-electron chi connectivity index (χ4n) is 8.75. The zero-order valence-corrected chi connectivity index (χ0v) is 68.3. The van der Waals surface area contributed by atoms with Crippen LogP contribution >= 0.6 is 11.6 Å². The number of carbonyl (C=O) groups excluding carboxylic acids is 8. The van der Waals surface area contributed by atoms with Crippen molar-refractivity contribution < 1.29 is 84.8 Å². The van der Waals surface area contributed by atoms with Crippen LogP contribution in [0.4, 0.5) is 45.4 Å². The molecule has 7 aromatic carbocycles. The van der Waals surface area contributed by atoms with E-state index in [1.807, 2.05) is 80.4 Å². The molecule has 0 saturated carbocycles. The highest BCUT2D eigenvalue weighted by atomic mass is 35.5. The molecule has 118 heavy (non-hydrogen) atoms. The molecule has 40 heteroatoms. The molecule has 0 aliphatic heterocycles. The fourth-order valence-corrected chi connectivity index (χ4v) is 14.1. The van der Waals surface area contributed by atoms with E-state index in [1.54, 1.807) is 98.2 Å². The number of nitrogens with two attached hydrogens (primary N) is 2. The summed E-state index contributed by atoms with van der Waals surface area (Å²) in [4.78, 5) is 92.7. The number of urea groups is 5. The minimum atomic E-state index is -4.17. The van der Waals surface area contributed by atoms with Crippen LogP contribution in [-0.2, 0) is 83.9 Å². The lowest BCUT2D eigenvalue weighted by atomic mass is 10.1. The minimum Gasteiger partial charge on any atom is -0.335 e. The van der Waals surface area contributed by atoms with Crippen molar-refractivity contribution in [2.45, 2.75) is 215 Å². The quantitative estimate of drug-likeness (QED) is 0.0267. The predicted octanol–water partition coefficient (Wildman–Crippen LogP) is 11.7. The molecule has 0 spiro atoms. The number of hydrogen-bond donors (Lipinski definition) is 15. The Labute approximate surface area is 701 Å². The van der Waals surface area contributed by atoms with Gasteiger partial charge in [0, 0.05) is 58.8 Å². The lowest BCUT2D eigenvalue weighted by Crippen LogP contribution is -2.42. The van der Waals surface area contributed by atoms with Crippen molar-refractivity contribution in [2.24, 2.45) is 11.5 Å². The summed E-state index contributed by atoms with van der Waals surface area (Å²) >= 11 is 5.71. The molecular formula is C78H119ClFN15O18S5. The highest BCUT2D eigenvalue weighted by molar-refractivity contribution is 7.91. The Morgan fingerprint density at radius 1 is 0.373 bits per heavy atom. The highest BCUT2D eigenvalue weighted by Gasteiger charge is 2.26. The van der Waals surface area contributed by atoms with E-state index in [1.165, 1.54) is 86.6 Å². The summed E-state index contributed by atoms with van der Waals surface area (Å²) in [7, 11) is -20.1. The van der Waals surface area contributed by atoms with E-state index in [9.17, 15) is 84.8 Å². The molecule has 7 rings (SSSR count). The van der Waals surface area contributed by atoms with Gasteiger partial charge in [-0.1, -0.05) is 141 Å². The average molecular weight is 1770 g/mol. The summed E-state index contributed by atoms with van der Waals surface area (Å²) in [6, 6.07) is 35.9. The number of benzene rings is 7. The maximum Gasteiger partial charge on any atom is 0.328 e. The smallest absolute Gasteiger partial charge is 0.328 e. The van der Waals surface area contributed by atoms with Crippen molar-refractivity contribution in [1.29, 1.82) is 0 Å². The van der Waals surface area contributed by atoms with Gasteiger partial charge in [0.15, 0.2) is 0 Å². The summed E-state index contributed by atoms with van der Waals surface area (Å²) < 4.78 is 144. The molecule has 658 valence electrons. The molecule has 17 N–H and O–H groups in total. The number of nitrogens with one attached hydrogen (secondary N) is 13. The van der Waals surface area contributed by atoms with E-state index >= 15 is 0 Å². The molecule has 0 aromatic heterocycles. The van der Waals surface area contributed by atoms with Crippen LogP contribution in [0.5, 0.6) is 0 Å².